The van der Waals surface area contributed by atoms with E-state index in [0.717, 1.165) is 36.1 Å². The number of nitrogens with one attached hydrogen (secondary N) is 1. The maximum absolute atomic E-state index is 10.2. The summed E-state index contributed by atoms with van der Waals surface area (Å²) in [7, 11) is 2.13. The fourth-order valence-electron chi connectivity index (χ4n) is 3.47. The van der Waals surface area contributed by atoms with E-state index < -0.39 is 0 Å². The number of aromatic nitrogens is 3. The fraction of sp³-hybridized carbons (Fsp3) is 0.316. The van der Waals surface area contributed by atoms with Crippen molar-refractivity contribution < 1.29 is 5.11 Å². The predicted molar refractivity (Wildman–Crippen MR) is 104 cm³/mol. The first-order valence-corrected chi connectivity index (χ1v) is 9.05. The number of rotatable bonds is 3. The van der Waals surface area contributed by atoms with Crippen molar-refractivity contribution in [2.75, 3.05) is 25.5 Å². The summed E-state index contributed by atoms with van der Waals surface area (Å²) in [6.07, 6.45) is 3.78. The summed E-state index contributed by atoms with van der Waals surface area (Å²) in [6.45, 7) is 2.11. The zero-order valence-electron chi connectivity index (χ0n) is 14.5. The lowest BCUT2D eigenvalue weighted by atomic mass is 10.0. The largest absolute Gasteiger partial charge is 0.506 e. The Morgan fingerprint density at radius 3 is 2.77 bits per heavy atom. The number of benzene rings is 1. The van der Waals surface area contributed by atoms with Gasteiger partial charge in [0.05, 0.1) is 5.02 Å². The van der Waals surface area contributed by atoms with Gasteiger partial charge in [-0.15, -0.1) is 10.2 Å². The van der Waals surface area contributed by atoms with Crippen molar-refractivity contribution >= 4 is 28.2 Å². The lowest BCUT2D eigenvalue weighted by molar-refractivity contribution is 0.261. The molecule has 0 amide bonds. The van der Waals surface area contributed by atoms with Crippen LogP contribution in [0.15, 0.2) is 36.5 Å². The van der Waals surface area contributed by atoms with Crippen LogP contribution in [0.25, 0.3) is 22.2 Å². The average Bonchev–Trinajstić information content (AvgIpc) is 2.63. The van der Waals surface area contributed by atoms with Gasteiger partial charge >= 0.3 is 0 Å². The molecule has 4 rings (SSSR count). The van der Waals surface area contributed by atoms with E-state index in [4.69, 9.17) is 11.6 Å². The molecule has 3 heterocycles. The van der Waals surface area contributed by atoms with Crippen molar-refractivity contribution in [1.29, 1.82) is 0 Å². The summed E-state index contributed by atoms with van der Waals surface area (Å²) in [5.41, 5.74) is 0.920. The number of anilines is 1. The topological polar surface area (TPSA) is 74.2 Å². The summed E-state index contributed by atoms with van der Waals surface area (Å²) >= 11 is 5.90. The highest BCUT2D eigenvalue weighted by Crippen LogP contribution is 2.34. The Balaban J connectivity index is 1.76. The molecule has 0 bridgehead atoms. The minimum Gasteiger partial charge on any atom is -0.506 e. The Bertz CT molecular complexity index is 948. The van der Waals surface area contributed by atoms with E-state index in [-0.39, 0.29) is 5.75 Å². The molecular weight excluding hydrogens is 350 g/mol. The third-order valence-corrected chi connectivity index (χ3v) is 4.92. The molecule has 1 saturated heterocycles. The maximum Gasteiger partial charge on any atom is 0.156 e. The van der Waals surface area contributed by atoms with Gasteiger partial charge in [0.2, 0.25) is 0 Å². The molecule has 2 N–H and O–H groups in total. The molecule has 0 saturated carbocycles. The van der Waals surface area contributed by atoms with Gasteiger partial charge in [-0.25, -0.2) is 4.98 Å². The zero-order chi connectivity index (χ0) is 18.1. The normalized spacial score (nSPS) is 18.2. The molecular formula is C19H20ClN5O. The molecule has 3 aromatic rings. The summed E-state index contributed by atoms with van der Waals surface area (Å²) < 4.78 is 0. The molecule has 1 aliphatic rings. The highest BCUT2D eigenvalue weighted by atomic mass is 35.5. The molecule has 0 spiro atoms. The van der Waals surface area contributed by atoms with Crippen molar-refractivity contribution in [3.05, 3.63) is 41.6 Å². The van der Waals surface area contributed by atoms with Crippen molar-refractivity contribution in [2.45, 2.75) is 18.9 Å². The molecule has 7 heteroatoms. The van der Waals surface area contributed by atoms with Crippen molar-refractivity contribution in [1.82, 2.24) is 20.1 Å². The number of likely N-dealkylation sites (N-methyl/N-ethyl adjacent to an activating group) is 1. The van der Waals surface area contributed by atoms with Crippen LogP contribution in [0.1, 0.15) is 12.8 Å². The van der Waals surface area contributed by atoms with Gasteiger partial charge in [-0.3, -0.25) is 0 Å². The van der Waals surface area contributed by atoms with Gasteiger partial charge in [-0.1, -0.05) is 35.9 Å². The first-order chi connectivity index (χ1) is 12.6. The predicted octanol–water partition coefficient (Wildman–Crippen LogP) is 3.56. The second-order valence-electron chi connectivity index (χ2n) is 6.71. The van der Waals surface area contributed by atoms with Gasteiger partial charge in [-0.05, 0) is 26.4 Å². The number of piperidine rings is 1. The van der Waals surface area contributed by atoms with E-state index in [9.17, 15) is 5.11 Å². The molecule has 1 atom stereocenters. The SMILES string of the molecule is CN1CCC[C@@H](Nc2nnc(-c3ncc(Cl)cc3O)c3ccccc23)C1. The third kappa shape index (κ3) is 3.30. The highest BCUT2D eigenvalue weighted by Gasteiger charge is 2.20. The van der Waals surface area contributed by atoms with Gasteiger partial charge in [0.1, 0.15) is 17.1 Å². The zero-order valence-corrected chi connectivity index (χ0v) is 15.2. The molecule has 6 nitrogen and oxygen atoms in total. The van der Waals surface area contributed by atoms with Crippen LogP contribution in [-0.2, 0) is 0 Å². The Labute approximate surface area is 156 Å². The molecule has 1 aliphatic heterocycles. The molecule has 0 radical (unpaired) electrons. The lowest BCUT2D eigenvalue weighted by Crippen LogP contribution is -2.40. The number of hydrogen-bond acceptors (Lipinski definition) is 6. The number of nitrogens with zero attached hydrogens (tertiary/aromatic N) is 4. The van der Waals surface area contributed by atoms with Crippen molar-refractivity contribution in [3.8, 4) is 17.1 Å². The van der Waals surface area contributed by atoms with Gasteiger partial charge in [0.25, 0.3) is 0 Å². The number of hydrogen-bond donors (Lipinski definition) is 2. The van der Waals surface area contributed by atoms with E-state index in [1.165, 1.54) is 18.7 Å². The van der Waals surface area contributed by atoms with Crippen LogP contribution in [0.5, 0.6) is 5.75 Å². The molecule has 0 unspecified atom stereocenters. The maximum atomic E-state index is 10.2. The van der Waals surface area contributed by atoms with Crippen molar-refractivity contribution in [2.24, 2.45) is 0 Å². The quantitative estimate of drug-likeness (QED) is 0.735. The van der Waals surface area contributed by atoms with E-state index in [2.05, 4.69) is 32.4 Å². The minimum absolute atomic E-state index is 0.00781. The first kappa shape index (κ1) is 17.0. The number of fused-ring (bicyclic) bond motifs is 1. The standard InChI is InChI=1S/C19H20ClN5O/c1-25-8-4-5-13(11-25)22-19-15-7-3-2-6-14(15)17(23-24-19)18-16(26)9-12(20)10-21-18/h2-3,6-7,9-10,13,26H,4-5,8,11H2,1H3,(H,22,24)/t13-/m1/s1. The van der Waals surface area contributed by atoms with Gasteiger partial charge in [-0.2, -0.15) is 0 Å². The third-order valence-electron chi connectivity index (χ3n) is 4.71. The first-order valence-electron chi connectivity index (χ1n) is 8.67. The summed E-state index contributed by atoms with van der Waals surface area (Å²) in [6, 6.07) is 9.70. The highest BCUT2D eigenvalue weighted by molar-refractivity contribution is 6.30. The lowest BCUT2D eigenvalue weighted by Gasteiger charge is -2.30. The summed E-state index contributed by atoms with van der Waals surface area (Å²) in [4.78, 5) is 6.56. The van der Waals surface area contributed by atoms with Gasteiger partial charge in [0.15, 0.2) is 5.82 Å². The molecule has 1 fully saturated rings. The van der Waals surface area contributed by atoms with Gasteiger partial charge in [0, 0.05) is 35.6 Å². The monoisotopic (exact) mass is 369 g/mol. The van der Waals surface area contributed by atoms with E-state index >= 15 is 0 Å². The van der Waals surface area contributed by atoms with Crippen LogP contribution in [0.2, 0.25) is 5.02 Å². The fourth-order valence-corrected chi connectivity index (χ4v) is 3.63. The van der Waals surface area contributed by atoms with E-state index in [1.807, 2.05) is 24.3 Å². The number of likely N-dealkylation sites (tertiary alicyclic amines) is 1. The minimum atomic E-state index is -0.00781. The van der Waals surface area contributed by atoms with E-state index in [0.29, 0.717) is 22.5 Å². The van der Waals surface area contributed by atoms with E-state index in [1.54, 1.807) is 0 Å². The Hall–Kier alpha value is -2.44. The van der Waals surface area contributed by atoms with Crippen LogP contribution in [0, 0.1) is 0 Å². The number of pyridine rings is 1. The van der Waals surface area contributed by atoms with Gasteiger partial charge < -0.3 is 15.3 Å². The summed E-state index contributed by atoms with van der Waals surface area (Å²) in [5, 5.41) is 24.8. The molecule has 26 heavy (non-hydrogen) atoms. The Kier molecular flexibility index (Phi) is 4.61. The second kappa shape index (κ2) is 7.05. The molecule has 134 valence electrons. The number of halogens is 1. The smallest absolute Gasteiger partial charge is 0.156 e. The van der Waals surface area contributed by atoms with Crippen LogP contribution in [0.4, 0.5) is 5.82 Å². The Morgan fingerprint density at radius 1 is 1.19 bits per heavy atom. The van der Waals surface area contributed by atoms with Crippen LogP contribution >= 0.6 is 11.6 Å². The van der Waals surface area contributed by atoms with Crippen LogP contribution in [0.3, 0.4) is 0 Å². The van der Waals surface area contributed by atoms with Crippen LogP contribution in [-0.4, -0.2) is 51.4 Å². The molecule has 1 aromatic carbocycles. The van der Waals surface area contributed by atoms with Crippen molar-refractivity contribution in [3.63, 3.8) is 0 Å². The molecule has 2 aromatic heterocycles. The average molecular weight is 370 g/mol. The molecule has 0 aliphatic carbocycles. The number of aromatic hydroxyl groups is 1. The van der Waals surface area contributed by atoms with Crippen LogP contribution < -0.4 is 5.32 Å². The Morgan fingerprint density at radius 2 is 2.00 bits per heavy atom. The summed E-state index contributed by atoms with van der Waals surface area (Å²) in [5.74, 6) is 0.754. The second-order valence-corrected chi connectivity index (χ2v) is 7.15.